The van der Waals surface area contributed by atoms with Gasteiger partial charge in [0.25, 0.3) is 5.91 Å². The van der Waals surface area contributed by atoms with E-state index in [1.54, 1.807) is 24.3 Å². The minimum Gasteiger partial charge on any atom is -0.506 e. The van der Waals surface area contributed by atoms with Crippen LogP contribution in [0.4, 0.5) is 5.69 Å². The van der Waals surface area contributed by atoms with E-state index in [9.17, 15) is 35.5 Å². The zero-order valence-electron chi connectivity index (χ0n) is 16.4. The molecule has 2 aromatic carbocycles. The van der Waals surface area contributed by atoms with Crippen LogP contribution in [0.3, 0.4) is 0 Å². The van der Waals surface area contributed by atoms with Crippen molar-refractivity contribution in [2.75, 3.05) is 20.8 Å². The van der Waals surface area contributed by atoms with E-state index in [-0.39, 0.29) is 11.3 Å². The van der Waals surface area contributed by atoms with Gasteiger partial charge in [-0.3, -0.25) is 14.9 Å². The van der Waals surface area contributed by atoms with Crippen LogP contribution in [0.15, 0.2) is 42.0 Å². The SMILES string of the molecule is COc1cc(/C(O)=C(\C#N)C(=O)N(C)C(CO)c2cccc(Cl)c2)cc([N+](=O)[O-])c1O. The summed E-state index contributed by atoms with van der Waals surface area (Å²) in [6, 6.07) is 8.94. The Bertz CT molecular complexity index is 1090. The highest BCUT2D eigenvalue weighted by Gasteiger charge is 2.28. The number of benzene rings is 2. The fourth-order valence-electron chi connectivity index (χ4n) is 2.85. The van der Waals surface area contributed by atoms with Crippen molar-refractivity contribution in [3.05, 3.63) is 68.2 Å². The lowest BCUT2D eigenvalue weighted by atomic mass is 10.0. The van der Waals surface area contributed by atoms with Crippen LogP contribution >= 0.6 is 11.6 Å². The third-order valence-electron chi connectivity index (χ3n) is 4.50. The van der Waals surface area contributed by atoms with Gasteiger partial charge in [0.1, 0.15) is 11.8 Å². The maximum absolute atomic E-state index is 12.9. The number of amides is 1. The van der Waals surface area contributed by atoms with E-state index < -0.39 is 46.2 Å². The number of methoxy groups -OCH3 is 1. The minimum atomic E-state index is -0.950. The standard InChI is InChI=1S/C20H18ClN3O7/c1-23(16(10-25)11-4-3-5-13(21)6-11)20(28)14(9-22)18(26)12-7-15(24(29)30)19(27)17(8-12)31-2/h3-8,16,25-27H,10H2,1-2H3/b18-14-. The van der Waals surface area contributed by atoms with Gasteiger partial charge in [0.05, 0.1) is 24.7 Å². The molecule has 1 atom stereocenters. The number of aromatic hydroxyl groups is 1. The quantitative estimate of drug-likeness (QED) is 0.192. The van der Waals surface area contributed by atoms with Gasteiger partial charge in [0, 0.05) is 23.7 Å². The first-order valence-corrected chi connectivity index (χ1v) is 9.06. The molecule has 3 N–H and O–H groups in total. The topological polar surface area (TPSA) is 157 Å². The molecule has 162 valence electrons. The number of aliphatic hydroxyl groups is 2. The van der Waals surface area contributed by atoms with Gasteiger partial charge in [-0.2, -0.15) is 5.26 Å². The van der Waals surface area contributed by atoms with Crippen molar-refractivity contribution in [2.24, 2.45) is 0 Å². The van der Waals surface area contributed by atoms with Gasteiger partial charge < -0.3 is 25.0 Å². The number of hydrogen-bond donors (Lipinski definition) is 3. The Morgan fingerprint density at radius 3 is 2.58 bits per heavy atom. The summed E-state index contributed by atoms with van der Waals surface area (Å²) in [4.78, 5) is 24.2. The zero-order chi connectivity index (χ0) is 23.3. The molecular formula is C20H18ClN3O7. The van der Waals surface area contributed by atoms with E-state index in [1.807, 2.05) is 0 Å². The van der Waals surface area contributed by atoms with Crippen LogP contribution in [0, 0.1) is 21.4 Å². The number of nitrogens with zero attached hydrogens (tertiary/aromatic N) is 3. The Balaban J connectivity index is 2.54. The second-order valence-electron chi connectivity index (χ2n) is 6.31. The van der Waals surface area contributed by atoms with Crippen LogP contribution in [-0.2, 0) is 4.79 Å². The molecule has 0 aliphatic rings. The van der Waals surface area contributed by atoms with Crippen LogP contribution in [0.5, 0.6) is 11.5 Å². The number of nitro groups is 1. The lowest BCUT2D eigenvalue weighted by molar-refractivity contribution is -0.386. The molecule has 1 unspecified atom stereocenters. The number of carbonyl (C=O) groups is 1. The molecule has 0 saturated carbocycles. The summed E-state index contributed by atoms with van der Waals surface area (Å²) in [5.41, 5.74) is -1.32. The third kappa shape index (κ3) is 4.85. The number of phenolic OH excluding ortho intramolecular Hbond substituents is 1. The zero-order valence-corrected chi connectivity index (χ0v) is 17.2. The summed E-state index contributed by atoms with van der Waals surface area (Å²) in [6.45, 7) is -0.499. The fourth-order valence-corrected chi connectivity index (χ4v) is 3.05. The average Bonchev–Trinajstić information content (AvgIpc) is 2.74. The van der Waals surface area contributed by atoms with Crippen LogP contribution in [0.2, 0.25) is 5.02 Å². The van der Waals surface area contributed by atoms with Crippen molar-refractivity contribution in [1.82, 2.24) is 4.90 Å². The highest BCUT2D eigenvalue weighted by molar-refractivity contribution is 6.30. The molecule has 0 bridgehead atoms. The molecule has 0 aliphatic heterocycles. The molecule has 2 aromatic rings. The molecular weight excluding hydrogens is 430 g/mol. The number of nitro benzene ring substituents is 1. The van der Waals surface area contributed by atoms with Gasteiger partial charge in [-0.1, -0.05) is 23.7 Å². The number of hydrogen-bond acceptors (Lipinski definition) is 8. The summed E-state index contributed by atoms with van der Waals surface area (Å²) in [6.07, 6.45) is 0. The van der Waals surface area contributed by atoms with Crippen molar-refractivity contribution < 1.29 is 29.8 Å². The predicted molar refractivity (Wildman–Crippen MR) is 111 cm³/mol. The predicted octanol–water partition coefficient (Wildman–Crippen LogP) is 2.95. The van der Waals surface area contributed by atoms with Gasteiger partial charge in [0.15, 0.2) is 11.3 Å². The van der Waals surface area contributed by atoms with E-state index in [0.717, 1.165) is 24.1 Å². The van der Waals surface area contributed by atoms with Gasteiger partial charge in [0.2, 0.25) is 5.75 Å². The molecule has 31 heavy (non-hydrogen) atoms. The molecule has 0 fully saturated rings. The van der Waals surface area contributed by atoms with E-state index >= 15 is 0 Å². The smallest absolute Gasteiger partial charge is 0.315 e. The Morgan fingerprint density at radius 1 is 1.39 bits per heavy atom. The van der Waals surface area contributed by atoms with E-state index in [0.29, 0.717) is 10.6 Å². The number of likely N-dealkylation sites (N-methyl/N-ethyl adjacent to an activating group) is 1. The van der Waals surface area contributed by atoms with Crippen molar-refractivity contribution in [1.29, 1.82) is 5.26 Å². The Kier molecular flexibility index (Phi) is 7.42. The molecule has 1 amide bonds. The largest absolute Gasteiger partial charge is 0.506 e. The second-order valence-corrected chi connectivity index (χ2v) is 6.74. The molecule has 10 nitrogen and oxygen atoms in total. The number of rotatable bonds is 7. The van der Waals surface area contributed by atoms with Crippen molar-refractivity contribution in [3.63, 3.8) is 0 Å². The van der Waals surface area contributed by atoms with Crippen molar-refractivity contribution >= 4 is 29.0 Å². The Hall–Kier alpha value is -3.81. The molecule has 11 heteroatoms. The molecule has 0 heterocycles. The van der Waals surface area contributed by atoms with Gasteiger partial charge in [-0.15, -0.1) is 0 Å². The number of halogens is 1. The fraction of sp³-hybridized carbons (Fsp3) is 0.200. The van der Waals surface area contributed by atoms with Crippen LogP contribution < -0.4 is 4.74 Å². The normalized spacial score (nSPS) is 12.4. The lowest BCUT2D eigenvalue weighted by Crippen LogP contribution is -2.34. The van der Waals surface area contributed by atoms with Crippen LogP contribution in [0.1, 0.15) is 17.2 Å². The summed E-state index contributed by atoms with van der Waals surface area (Å²) in [5, 5.41) is 51.2. The number of carbonyl (C=O) groups excluding carboxylic acids is 1. The highest BCUT2D eigenvalue weighted by Crippen LogP contribution is 2.39. The lowest BCUT2D eigenvalue weighted by Gasteiger charge is -2.27. The maximum Gasteiger partial charge on any atom is 0.315 e. The molecule has 0 radical (unpaired) electrons. The molecule has 0 aliphatic carbocycles. The maximum atomic E-state index is 12.9. The van der Waals surface area contributed by atoms with Gasteiger partial charge in [-0.05, 0) is 23.8 Å². The van der Waals surface area contributed by atoms with E-state index in [2.05, 4.69) is 0 Å². The van der Waals surface area contributed by atoms with Crippen LogP contribution in [0.25, 0.3) is 5.76 Å². The molecule has 0 spiro atoms. The first-order valence-electron chi connectivity index (χ1n) is 8.68. The van der Waals surface area contributed by atoms with Crippen LogP contribution in [-0.4, -0.2) is 51.8 Å². The first-order chi connectivity index (χ1) is 14.7. The molecule has 0 saturated heterocycles. The summed E-state index contributed by atoms with van der Waals surface area (Å²) >= 11 is 5.96. The van der Waals surface area contributed by atoms with Crippen molar-refractivity contribution in [2.45, 2.75) is 6.04 Å². The number of ether oxygens (including phenoxy) is 1. The van der Waals surface area contributed by atoms with Crippen molar-refractivity contribution in [3.8, 4) is 17.6 Å². The number of phenols is 1. The van der Waals surface area contributed by atoms with E-state index in [4.69, 9.17) is 16.3 Å². The van der Waals surface area contributed by atoms with E-state index in [1.165, 1.54) is 13.1 Å². The third-order valence-corrected chi connectivity index (χ3v) is 4.74. The molecule has 0 aromatic heterocycles. The number of aliphatic hydroxyl groups excluding tert-OH is 2. The van der Waals surface area contributed by atoms with Gasteiger partial charge >= 0.3 is 5.69 Å². The highest BCUT2D eigenvalue weighted by atomic mass is 35.5. The molecule has 2 rings (SSSR count). The number of nitriles is 1. The monoisotopic (exact) mass is 447 g/mol. The average molecular weight is 448 g/mol. The summed E-state index contributed by atoms with van der Waals surface area (Å²) in [5.74, 6) is -2.91. The van der Waals surface area contributed by atoms with Gasteiger partial charge in [-0.25, -0.2) is 0 Å². The Morgan fingerprint density at radius 2 is 2.06 bits per heavy atom. The summed E-state index contributed by atoms with van der Waals surface area (Å²) < 4.78 is 4.86. The second kappa shape index (κ2) is 9.80. The minimum absolute atomic E-state index is 0.289. The Labute approximate surface area is 181 Å². The first kappa shape index (κ1) is 23.5. The summed E-state index contributed by atoms with van der Waals surface area (Å²) in [7, 11) is 2.46.